The number of rotatable bonds is 7. The van der Waals surface area contributed by atoms with Crippen LogP contribution in [0.4, 0.5) is 4.39 Å². The number of nitrogens with zero attached hydrogens (tertiary/aromatic N) is 3. The van der Waals surface area contributed by atoms with Crippen molar-refractivity contribution >= 4 is 22.9 Å². The highest BCUT2D eigenvalue weighted by atomic mass is 19.1. The van der Waals surface area contributed by atoms with E-state index in [4.69, 9.17) is 5.11 Å². The van der Waals surface area contributed by atoms with Crippen molar-refractivity contribution in [2.45, 2.75) is 66.3 Å². The van der Waals surface area contributed by atoms with Gasteiger partial charge in [0.1, 0.15) is 0 Å². The molecule has 4 aromatic rings. The van der Waals surface area contributed by atoms with E-state index in [0.29, 0.717) is 23.7 Å². The maximum Gasteiger partial charge on any atom is 0.335 e. The van der Waals surface area contributed by atoms with Crippen LogP contribution in [0.25, 0.3) is 16.9 Å². The Balaban J connectivity index is 0.000000222. The Bertz CT molecular complexity index is 1580. The van der Waals surface area contributed by atoms with Crippen molar-refractivity contribution in [2.24, 2.45) is 0 Å². The fourth-order valence-corrected chi connectivity index (χ4v) is 5.07. The first kappa shape index (κ1) is 28.7. The molecule has 1 unspecified atom stereocenters. The quantitative estimate of drug-likeness (QED) is 0.254. The molecule has 7 heteroatoms. The number of carboxylic acid groups (broad SMARTS) is 1. The van der Waals surface area contributed by atoms with E-state index in [1.165, 1.54) is 33.0 Å². The molecule has 40 heavy (non-hydrogen) atoms. The Hall–Kier alpha value is -4.26. The number of carbonyl (C=O) groups is 1. The van der Waals surface area contributed by atoms with E-state index >= 15 is 0 Å². The lowest BCUT2D eigenvalue weighted by atomic mass is 9.96. The molecular weight excluding hydrogens is 503 g/mol. The average Bonchev–Trinajstić information content (AvgIpc) is 3.50. The van der Waals surface area contributed by atoms with Crippen LogP contribution in [-0.4, -0.2) is 25.7 Å². The Morgan fingerprint density at radius 2 is 1.95 bits per heavy atom. The van der Waals surface area contributed by atoms with Gasteiger partial charge in [-0.1, -0.05) is 62.4 Å². The summed E-state index contributed by atoms with van der Waals surface area (Å²) in [5.74, 6) is -0.667. The molecule has 0 aliphatic heterocycles. The lowest BCUT2D eigenvalue weighted by Gasteiger charge is -2.13. The summed E-state index contributed by atoms with van der Waals surface area (Å²) in [6.07, 6.45) is 6.26. The highest BCUT2D eigenvalue weighted by molar-refractivity contribution is 5.90. The minimum Gasteiger partial charge on any atom is -0.478 e. The normalized spacial score (nSPS) is 14.4. The molecular formula is C33H37FN4O2. The summed E-state index contributed by atoms with van der Waals surface area (Å²) >= 11 is 0. The van der Waals surface area contributed by atoms with Gasteiger partial charge < -0.3 is 10.4 Å². The van der Waals surface area contributed by atoms with Crippen LogP contribution in [-0.2, 0) is 13.0 Å². The van der Waals surface area contributed by atoms with Gasteiger partial charge in [-0.15, -0.1) is 0 Å². The van der Waals surface area contributed by atoms with Crippen LogP contribution in [0.5, 0.6) is 0 Å². The Labute approximate surface area is 235 Å². The van der Waals surface area contributed by atoms with Crippen molar-refractivity contribution in [2.75, 3.05) is 0 Å². The van der Waals surface area contributed by atoms with E-state index < -0.39 is 11.8 Å². The molecule has 0 fully saturated rings. The van der Waals surface area contributed by atoms with Crippen LogP contribution >= 0.6 is 0 Å². The lowest BCUT2D eigenvalue weighted by molar-refractivity contribution is 0.0696. The van der Waals surface area contributed by atoms with Gasteiger partial charge in [0.25, 0.3) is 0 Å². The van der Waals surface area contributed by atoms with Gasteiger partial charge in [-0.2, -0.15) is 5.10 Å². The number of carboxylic acids is 1. The molecule has 1 aliphatic rings. The van der Waals surface area contributed by atoms with Crippen molar-refractivity contribution in [3.63, 3.8) is 0 Å². The van der Waals surface area contributed by atoms with Crippen molar-refractivity contribution < 1.29 is 14.3 Å². The number of allylic oxidation sites excluding steroid dienone is 2. The summed E-state index contributed by atoms with van der Waals surface area (Å²) in [6, 6.07) is 14.0. The molecule has 0 spiro atoms. The molecule has 5 rings (SSSR count). The Morgan fingerprint density at radius 3 is 2.60 bits per heavy atom. The van der Waals surface area contributed by atoms with Crippen molar-refractivity contribution in [1.29, 1.82) is 0 Å². The first-order valence-electron chi connectivity index (χ1n) is 13.7. The summed E-state index contributed by atoms with van der Waals surface area (Å²) < 4.78 is 15.6. The monoisotopic (exact) mass is 540 g/mol. The fourth-order valence-electron chi connectivity index (χ4n) is 5.07. The molecule has 6 nitrogen and oxygen atoms in total. The summed E-state index contributed by atoms with van der Waals surface area (Å²) in [4.78, 5) is 15.4. The summed E-state index contributed by atoms with van der Waals surface area (Å²) in [5.41, 5.74) is 9.73. The zero-order valence-corrected chi connectivity index (χ0v) is 23.9. The molecule has 2 aromatic carbocycles. The number of hydrogen-bond acceptors (Lipinski definition) is 4. The number of hydrogen-bond donors (Lipinski definition) is 2. The molecule has 0 radical (unpaired) electrons. The number of aryl methyl sites for hydroxylation is 1. The minimum absolute atomic E-state index is 0.208. The summed E-state index contributed by atoms with van der Waals surface area (Å²) in [6.45, 7) is 14.8. The predicted octanol–water partition coefficient (Wildman–Crippen LogP) is 7.49. The van der Waals surface area contributed by atoms with Crippen LogP contribution in [0.3, 0.4) is 0 Å². The first-order valence-corrected chi connectivity index (χ1v) is 13.7. The highest BCUT2D eigenvalue weighted by Gasteiger charge is 2.22. The molecule has 1 aliphatic carbocycles. The maximum absolute atomic E-state index is 14.1. The van der Waals surface area contributed by atoms with E-state index in [0.717, 1.165) is 41.8 Å². The van der Waals surface area contributed by atoms with E-state index in [1.54, 1.807) is 6.07 Å². The first-order chi connectivity index (χ1) is 19.1. The zero-order chi connectivity index (χ0) is 29.0. The van der Waals surface area contributed by atoms with Crippen molar-refractivity contribution in [3.05, 3.63) is 112 Å². The smallest absolute Gasteiger partial charge is 0.335 e. The molecule has 0 amide bonds. The van der Waals surface area contributed by atoms with Gasteiger partial charge in [0, 0.05) is 6.54 Å². The SMILES string of the molecule is C=C(C)c1cc(C(=CCC)NCc2ccc(C)cc2)nc2c(F)cnn12.Cc1c(C(=O)O)ccc2c1CCC2C. The van der Waals surface area contributed by atoms with Crippen LogP contribution in [0.15, 0.2) is 61.3 Å². The van der Waals surface area contributed by atoms with Crippen molar-refractivity contribution in [3.8, 4) is 0 Å². The summed E-state index contributed by atoms with van der Waals surface area (Å²) in [5, 5.41) is 16.5. The molecule has 1 atom stereocenters. The second-order valence-corrected chi connectivity index (χ2v) is 10.5. The van der Waals surface area contributed by atoms with Crippen molar-refractivity contribution in [1.82, 2.24) is 19.9 Å². The fraction of sp³-hybridized carbons (Fsp3) is 0.303. The maximum atomic E-state index is 14.1. The van der Waals surface area contributed by atoms with Gasteiger partial charge >= 0.3 is 5.97 Å². The van der Waals surface area contributed by atoms with E-state index in [-0.39, 0.29) is 5.65 Å². The molecule has 208 valence electrons. The topological polar surface area (TPSA) is 79.5 Å². The van der Waals surface area contributed by atoms with E-state index in [1.807, 2.05) is 26.0 Å². The molecule has 0 saturated heterocycles. The van der Waals surface area contributed by atoms with Gasteiger partial charge in [0.2, 0.25) is 0 Å². The Kier molecular flexibility index (Phi) is 8.83. The number of halogens is 1. The van der Waals surface area contributed by atoms with E-state index in [9.17, 15) is 9.18 Å². The van der Waals surface area contributed by atoms with Gasteiger partial charge in [-0.05, 0) is 85.9 Å². The van der Waals surface area contributed by atoms with Gasteiger partial charge in [-0.3, -0.25) is 0 Å². The zero-order valence-electron chi connectivity index (χ0n) is 23.9. The number of benzene rings is 2. The average molecular weight is 541 g/mol. The van der Waals surface area contributed by atoms with Gasteiger partial charge in [-0.25, -0.2) is 18.7 Å². The second-order valence-electron chi connectivity index (χ2n) is 10.5. The third kappa shape index (κ3) is 6.14. The molecule has 2 N–H and O–H groups in total. The third-order valence-corrected chi connectivity index (χ3v) is 7.38. The molecule has 2 heterocycles. The second kappa shape index (κ2) is 12.3. The molecule has 2 aromatic heterocycles. The highest BCUT2D eigenvalue weighted by Crippen LogP contribution is 2.35. The number of fused-ring (bicyclic) bond motifs is 2. The number of nitrogens with one attached hydrogen (secondary N) is 1. The van der Waals surface area contributed by atoms with Crippen LogP contribution in [0.1, 0.15) is 89.1 Å². The molecule has 0 bridgehead atoms. The number of aromatic nitrogens is 3. The van der Waals surface area contributed by atoms with Crippen LogP contribution < -0.4 is 5.32 Å². The minimum atomic E-state index is -0.815. The van der Waals surface area contributed by atoms with Gasteiger partial charge in [0.15, 0.2) is 11.5 Å². The van der Waals surface area contributed by atoms with E-state index in [2.05, 4.69) is 73.1 Å². The Morgan fingerprint density at radius 1 is 1.23 bits per heavy atom. The lowest BCUT2D eigenvalue weighted by Crippen LogP contribution is -2.14. The standard InChI is InChI=1S/C21H23FN4.C12H14O2/c1-5-6-18(23-12-16-9-7-15(4)8-10-16)19-11-20(14(2)3)26-21(25-19)17(22)13-24-26;1-7-3-4-10-8(2)11(12(13)14)6-5-9(7)10/h6-11,13,23H,2,5,12H2,1,3-4H3;5-7H,3-4H2,1-2H3,(H,13,14). The number of aromatic carboxylic acids is 1. The third-order valence-electron chi connectivity index (χ3n) is 7.38. The largest absolute Gasteiger partial charge is 0.478 e. The predicted molar refractivity (Wildman–Crippen MR) is 159 cm³/mol. The summed E-state index contributed by atoms with van der Waals surface area (Å²) in [7, 11) is 0. The van der Waals surface area contributed by atoms with Crippen LogP contribution in [0.2, 0.25) is 0 Å². The van der Waals surface area contributed by atoms with Crippen LogP contribution in [0, 0.1) is 19.7 Å². The molecule has 0 saturated carbocycles. The van der Waals surface area contributed by atoms with Gasteiger partial charge in [0.05, 0.1) is 28.8 Å².